The van der Waals surface area contributed by atoms with Crippen LogP contribution in [0.4, 0.5) is 5.69 Å². The Morgan fingerprint density at radius 1 is 1.04 bits per heavy atom. The van der Waals surface area contributed by atoms with Crippen molar-refractivity contribution in [2.24, 2.45) is 0 Å². The van der Waals surface area contributed by atoms with Crippen molar-refractivity contribution in [3.63, 3.8) is 0 Å². The summed E-state index contributed by atoms with van der Waals surface area (Å²) in [6.07, 6.45) is 2.66. The summed E-state index contributed by atoms with van der Waals surface area (Å²) in [5, 5.41) is 2.84. The smallest absolute Gasteiger partial charge is 0.311 e. The number of carbonyl (C=O) groups is 2. The van der Waals surface area contributed by atoms with Gasteiger partial charge in [0.25, 0.3) is 5.91 Å². The highest BCUT2D eigenvalue weighted by molar-refractivity contribution is 5.95. The molecule has 2 aromatic carbocycles. The fourth-order valence-electron chi connectivity index (χ4n) is 3.27. The Kier molecular flexibility index (Phi) is 5.40. The van der Waals surface area contributed by atoms with Gasteiger partial charge in [-0.25, -0.2) is 0 Å². The Balaban J connectivity index is 1.54. The number of fused-ring (bicyclic) bond motifs is 1. The molecule has 2 aromatic rings. The maximum atomic E-state index is 12.3. The maximum Gasteiger partial charge on any atom is 0.311 e. The Labute approximate surface area is 154 Å². The molecule has 0 aromatic heterocycles. The van der Waals surface area contributed by atoms with E-state index in [2.05, 4.69) is 11.4 Å². The molecular weight excluding hydrogens is 326 g/mol. The van der Waals surface area contributed by atoms with Crippen molar-refractivity contribution in [1.82, 2.24) is 0 Å². The van der Waals surface area contributed by atoms with Crippen LogP contribution in [-0.4, -0.2) is 18.0 Å². The molecule has 0 saturated carbocycles. The van der Waals surface area contributed by atoms with Gasteiger partial charge in [0.1, 0.15) is 0 Å². The van der Waals surface area contributed by atoms with Crippen LogP contribution < -0.4 is 5.32 Å². The molecule has 0 aliphatic heterocycles. The number of hydrogen-bond donors (Lipinski definition) is 1. The Hall–Kier alpha value is -2.62. The molecule has 0 heterocycles. The second kappa shape index (κ2) is 7.73. The van der Waals surface area contributed by atoms with Crippen LogP contribution in [-0.2, 0) is 33.6 Å². The minimum absolute atomic E-state index is 0.164. The molecule has 1 aliphatic carbocycles. The van der Waals surface area contributed by atoms with Crippen LogP contribution in [0, 0.1) is 13.8 Å². The first-order valence-corrected chi connectivity index (χ1v) is 9.10. The number of benzene rings is 2. The lowest BCUT2D eigenvalue weighted by Crippen LogP contribution is -2.30. The van der Waals surface area contributed by atoms with Crippen LogP contribution >= 0.6 is 0 Å². The number of aryl methyl sites for hydroxylation is 4. The second-order valence-electron chi connectivity index (χ2n) is 7.05. The fraction of sp³-hybridized carbons (Fsp3) is 0.364. The number of ether oxygens (including phenoxy) is 1. The molecule has 4 heteroatoms. The maximum absolute atomic E-state index is 12.3. The van der Waals surface area contributed by atoms with E-state index in [9.17, 15) is 9.59 Å². The zero-order valence-electron chi connectivity index (χ0n) is 15.6. The first-order valence-electron chi connectivity index (χ1n) is 9.10. The van der Waals surface area contributed by atoms with Gasteiger partial charge in [0.05, 0.1) is 6.42 Å². The van der Waals surface area contributed by atoms with Crippen LogP contribution in [0.15, 0.2) is 36.4 Å². The minimum atomic E-state index is -0.831. The number of anilines is 1. The van der Waals surface area contributed by atoms with Gasteiger partial charge in [-0.3, -0.25) is 9.59 Å². The van der Waals surface area contributed by atoms with Gasteiger partial charge in [-0.1, -0.05) is 24.3 Å². The van der Waals surface area contributed by atoms with E-state index in [0.29, 0.717) is 0 Å². The minimum Gasteiger partial charge on any atom is -0.452 e. The summed E-state index contributed by atoms with van der Waals surface area (Å²) in [5.41, 5.74) is 6.62. The molecule has 1 atom stereocenters. The predicted molar refractivity (Wildman–Crippen MR) is 102 cm³/mol. The summed E-state index contributed by atoms with van der Waals surface area (Å²) in [6.45, 7) is 5.64. The van der Waals surface area contributed by atoms with Crippen molar-refractivity contribution in [3.8, 4) is 0 Å². The molecule has 0 spiro atoms. The Morgan fingerprint density at radius 3 is 2.58 bits per heavy atom. The number of carbonyl (C=O) groups excluding carboxylic acids is 2. The van der Waals surface area contributed by atoms with E-state index in [1.165, 1.54) is 23.1 Å². The number of nitrogens with one attached hydrogen (secondary N) is 1. The van der Waals surface area contributed by atoms with Gasteiger partial charge in [-0.15, -0.1) is 0 Å². The fourth-order valence-corrected chi connectivity index (χ4v) is 3.27. The summed E-state index contributed by atoms with van der Waals surface area (Å²) < 4.78 is 5.30. The van der Waals surface area contributed by atoms with Gasteiger partial charge in [0.15, 0.2) is 6.10 Å². The van der Waals surface area contributed by atoms with Crippen LogP contribution in [0.2, 0.25) is 0 Å². The summed E-state index contributed by atoms with van der Waals surface area (Å²) in [4.78, 5) is 24.4. The van der Waals surface area contributed by atoms with Crippen LogP contribution in [0.1, 0.15) is 41.2 Å². The highest BCUT2D eigenvalue weighted by Crippen LogP contribution is 2.25. The third-order valence-electron chi connectivity index (χ3n) is 4.96. The van der Waals surface area contributed by atoms with E-state index in [1.807, 2.05) is 44.2 Å². The third-order valence-corrected chi connectivity index (χ3v) is 4.96. The van der Waals surface area contributed by atoms with Crippen molar-refractivity contribution in [2.75, 3.05) is 5.32 Å². The molecule has 0 radical (unpaired) electrons. The van der Waals surface area contributed by atoms with Crippen molar-refractivity contribution in [2.45, 2.75) is 52.6 Å². The van der Waals surface area contributed by atoms with Crippen LogP contribution in [0.3, 0.4) is 0 Å². The quantitative estimate of drug-likeness (QED) is 0.831. The van der Waals surface area contributed by atoms with E-state index in [-0.39, 0.29) is 12.3 Å². The van der Waals surface area contributed by atoms with E-state index < -0.39 is 12.1 Å². The molecule has 4 nitrogen and oxygen atoms in total. The second-order valence-corrected chi connectivity index (χ2v) is 7.05. The lowest BCUT2D eigenvalue weighted by Gasteiger charge is -2.14. The molecular formula is C22H25NO3. The molecule has 0 unspecified atom stereocenters. The van der Waals surface area contributed by atoms with E-state index in [0.717, 1.165) is 29.7 Å². The molecule has 0 saturated heterocycles. The van der Waals surface area contributed by atoms with Crippen molar-refractivity contribution in [3.05, 3.63) is 64.2 Å². The van der Waals surface area contributed by atoms with Gasteiger partial charge in [0.2, 0.25) is 0 Å². The molecule has 0 fully saturated rings. The Bertz CT molecular complexity index is 841. The molecule has 1 amide bonds. The van der Waals surface area contributed by atoms with Crippen molar-refractivity contribution >= 4 is 17.6 Å². The molecule has 0 bridgehead atoms. The van der Waals surface area contributed by atoms with Crippen LogP contribution in [0.25, 0.3) is 0 Å². The predicted octanol–water partition coefficient (Wildman–Crippen LogP) is 3.91. The van der Waals surface area contributed by atoms with Gasteiger partial charge in [-0.05, 0) is 80.0 Å². The number of rotatable bonds is 5. The zero-order valence-corrected chi connectivity index (χ0v) is 15.6. The average molecular weight is 351 g/mol. The number of hydrogen-bond acceptors (Lipinski definition) is 3. The number of amides is 1. The van der Waals surface area contributed by atoms with Gasteiger partial charge >= 0.3 is 5.97 Å². The average Bonchev–Trinajstić information content (AvgIpc) is 3.05. The third kappa shape index (κ3) is 4.31. The lowest BCUT2D eigenvalue weighted by atomic mass is 10.0. The summed E-state index contributed by atoms with van der Waals surface area (Å²) in [5.74, 6) is -0.707. The SMILES string of the molecule is Cc1ccc(CC(=O)O[C@@H](C)C(=O)Nc2ccc3c(c2)CCC3)cc1C. The van der Waals surface area contributed by atoms with Crippen LogP contribution in [0.5, 0.6) is 0 Å². The first kappa shape index (κ1) is 18.2. The molecule has 1 aliphatic rings. The highest BCUT2D eigenvalue weighted by Gasteiger charge is 2.19. The molecule has 26 heavy (non-hydrogen) atoms. The molecule has 136 valence electrons. The monoisotopic (exact) mass is 351 g/mol. The zero-order chi connectivity index (χ0) is 18.7. The Morgan fingerprint density at radius 2 is 1.81 bits per heavy atom. The van der Waals surface area contributed by atoms with E-state index in [4.69, 9.17) is 4.74 Å². The summed E-state index contributed by atoms with van der Waals surface area (Å²) in [7, 11) is 0. The molecule has 1 N–H and O–H groups in total. The first-order chi connectivity index (χ1) is 12.4. The largest absolute Gasteiger partial charge is 0.452 e. The number of esters is 1. The van der Waals surface area contributed by atoms with Crippen molar-refractivity contribution in [1.29, 1.82) is 0 Å². The lowest BCUT2D eigenvalue weighted by molar-refractivity contribution is -0.152. The summed E-state index contributed by atoms with van der Waals surface area (Å²) in [6, 6.07) is 11.9. The van der Waals surface area contributed by atoms with Gasteiger partial charge in [0, 0.05) is 5.69 Å². The molecule has 3 rings (SSSR count). The normalized spacial score (nSPS) is 13.8. The van der Waals surface area contributed by atoms with Crippen molar-refractivity contribution < 1.29 is 14.3 Å². The standard InChI is InChI=1S/C22H25NO3/c1-14-7-8-17(11-15(14)2)12-21(24)26-16(3)22(25)23-20-10-9-18-5-4-6-19(18)13-20/h7-11,13,16H,4-6,12H2,1-3H3,(H,23,25)/t16-/m0/s1. The van der Waals surface area contributed by atoms with E-state index >= 15 is 0 Å². The summed E-state index contributed by atoms with van der Waals surface area (Å²) >= 11 is 0. The van der Waals surface area contributed by atoms with Gasteiger partial charge in [-0.2, -0.15) is 0 Å². The van der Waals surface area contributed by atoms with E-state index in [1.54, 1.807) is 6.92 Å². The topological polar surface area (TPSA) is 55.4 Å². The van der Waals surface area contributed by atoms with Gasteiger partial charge < -0.3 is 10.1 Å². The highest BCUT2D eigenvalue weighted by atomic mass is 16.5.